The molecule has 2 heterocycles. The molecule has 5 heteroatoms. The summed E-state index contributed by atoms with van der Waals surface area (Å²) in [5.74, 6) is 0. The smallest absolute Gasteiger partial charge is 0.0110 e. The predicted molar refractivity (Wildman–Crippen MR) is 76.1 cm³/mol. The van der Waals surface area contributed by atoms with Gasteiger partial charge in [0.2, 0.25) is 0 Å². The molecule has 0 saturated carbocycles. The molecule has 2 aliphatic rings. The summed E-state index contributed by atoms with van der Waals surface area (Å²) in [7, 11) is 2.25. The van der Waals surface area contributed by atoms with Crippen molar-refractivity contribution in [2.75, 3.05) is 85.6 Å². The number of nitrogens with one attached hydrogen (secondary N) is 2. The van der Waals surface area contributed by atoms with Crippen LogP contribution in [0.5, 0.6) is 0 Å². The Bertz CT molecular complexity index is 201. The first-order chi connectivity index (χ1) is 8.84. The molecule has 106 valence electrons. The van der Waals surface area contributed by atoms with Crippen molar-refractivity contribution in [1.29, 1.82) is 0 Å². The molecule has 2 atom stereocenters. The third-order valence-corrected chi connectivity index (χ3v) is 4.02. The zero-order valence-electron chi connectivity index (χ0n) is 11.8. The molecule has 2 fully saturated rings. The van der Waals surface area contributed by atoms with E-state index in [2.05, 4.69) is 32.4 Å². The van der Waals surface area contributed by atoms with E-state index in [1.165, 1.54) is 52.4 Å². The van der Waals surface area contributed by atoms with Crippen molar-refractivity contribution in [3.8, 4) is 0 Å². The van der Waals surface area contributed by atoms with Crippen molar-refractivity contribution < 1.29 is 0 Å². The number of hydrogen-bond acceptors (Lipinski definition) is 5. The average Bonchev–Trinajstić information content (AvgIpc) is 2.43. The maximum atomic E-state index is 3.52. The monoisotopic (exact) mass is 255 g/mol. The molecule has 0 spiro atoms. The maximum Gasteiger partial charge on any atom is 0.0110 e. The van der Waals surface area contributed by atoms with Crippen LogP contribution in [0.3, 0.4) is 0 Å². The molecule has 18 heavy (non-hydrogen) atoms. The van der Waals surface area contributed by atoms with Crippen LogP contribution in [0.2, 0.25) is 0 Å². The van der Waals surface area contributed by atoms with Crippen molar-refractivity contribution >= 4 is 0 Å². The van der Waals surface area contributed by atoms with E-state index >= 15 is 0 Å². The molecule has 2 bridgehead atoms. The van der Waals surface area contributed by atoms with Gasteiger partial charge in [0, 0.05) is 78.5 Å². The Labute approximate surface area is 111 Å². The highest BCUT2D eigenvalue weighted by Crippen LogP contribution is 1.98. The van der Waals surface area contributed by atoms with E-state index in [-0.39, 0.29) is 0 Å². The second-order valence-electron chi connectivity index (χ2n) is 5.49. The van der Waals surface area contributed by atoms with E-state index in [1.54, 1.807) is 0 Å². The molecule has 5 nitrogen and oxygen atoms in total. The third kappa shape index (κ3) is 5.20. The maximum absolute atomic E-state index is 3.52. The van der Waals surface area contributed by atoms with Gasteiger partial charge in [0.15, 0.2) is 0 Å². The van der Waals surface area contributed by atoms with Crippen molar-refractivity contribution in [3.63, 3.8) is 0 Å². The van der Waals surface area contributed by atoms with Crippen LogP contribution in [0.4, 0.5) is 0 Å². The Kier molecular flexibility index (Phi) is 6.37. The SMILES string of the molecule is CN1CCN2CCNCCNCCN(CC1)CC2. The van der Waals surface area contributed by atoms with E-state index in [9.17, 15) is 0 Å². The van der Waals surface area contributed by atoms with Crippen LogP contribution in [0.1, 0.15) is 0 Å². The van der Waals surface area contributed by atoms with Gasteiger partial charge < -0.3 is 15.5 Å². The Morgan fingerprint density at radius 2 is 1.00 bits per heavy atom. The van der Waals surface area contributed by atoms with Gasteiger partial charge in [0.05, 0.1) is 0 Å². The standard InChI is InChI=1S/C13H29N5/c1-16-8-10-17-6-4-14-2-3-15-5-7-18(11-9-16)13-12-17/h14-15H,2-13H2,1H3. The fourth-order valence-electron chi connectivity index (χ4n) is 2.59. The van der Waals surface area contributed by atoms with Gasteiger partial charge in [-0.1, -0.05) is 0 Å². The molecule has 0 aromatic heterocycles. The quantitative estimate of drug-likeness (QED) is 0.564. The van der Waals surface area contributed by atoms with Crippen LogP contribution in [-0.4, -0.2) is 100 Å². The normalized spacial score (nSPS) is 33.8. The fraction of sp³-hybridized carbons (Fsp3) is 1.00. The van der Waals surface area contributed by atoms with Crippen molar-refractivity contribution in [3.05, 3.63) is 0 Å². The predicted octanol–water partition coefficient (Wildman–Crippen LogP) is -1.27. The topological polar surface area (TPSA) is 33.8 Å². The highest BCUT2D eigenvalue weighted by molar-refractivity contribution is 4.72. The summed E-state index contributed by atoms with van der Waals surface area (Å²) in [6.07, 6.45) is 0. The average molecular weight is 255 g/mol. The second kappa shape index (κ2) is 8.07. The first kappa shape index (κ1) is 14.2. The van der Waals surface area contributed by atoms with Crippen LogP contribution >= 0.6 is 0 Å². The number of rotatable bonds is 0. The first-order valence-electron chi connectivity index (χ1n) is 7.39. The summed E-state index contributed by atoms with van der Waals surface area (Å²) in [6, 6.07) is 0. The van der Waals surface area contributed by atoms with Crippen molar-refractivity contribution in [1.82, 2.24) is 25.3 Å². The molecule has 2 unspecified atom stereocenters. The van der Waals surface area contributed by atoms with Gasteiger partial charge in [0.25, 0.3) is 0 Å². The van der Waals surface area contributed by atoms with Crippen LogP contribution in [0.25, 0.3) is 0 Å². The van der Waals surface area contributed by atoms with Crippen LogP contribution in [-0.2, 0) is 0 Å². The largest absolute Gasteiger partial charge is 0.314 e. The van der Waals surface area contributed by atoms with Gasteiger partial charge in [-0.3, -0.25) is 9.80 Å². The van der Waals surface area contributed by atoms with E-state index in [1.807, 2.05) is 0 Å². The summed E-state index contributed by atoms with van der Waals surface area (Å²) in [5.41, 5.74) is 0. The lowest BCUT2D eigenvalue weighted by Gasteiger charge is -2.26. The highest BCUT2D eigenvalue weighted by atomic mass is 15.3. The van der Waals surface area contributed by atoms with Gasteiger partial charge in [-0.25, -0.2) is 0 Å². The zero-order chi connectivity index (χ0) is 12.6. The molecule has 0 aromatic carbocycles. The first-order valence-corrected chi connectivity index (χ1v) is 7.39. The van der Waals surface area contributed by atoms with Crippen molar-refractivity contribution in [2.24, 2.45) is 0 Å². The summed E-state index contributed by atoms with van der Waals surface area (Å²) in [4.78, 5) is 7.68. The summed E-state index contributed by atoms with van der Waals surface area (Å²) >= 11 is 0. The highest BCUT2D eigenvalue weighted by Gasteiger charge is 2.14. The summed E-state index contributed by atoms with van der Waals surface area (Å²) in [5, 5.41) is 7.03. The molecule has 2 rings (SSSR count). The van der Waals surface area contributed by atoms with Gasteiger partial charge >= 0.3 is 0 Å². The van der Waals surface area contributed by atoms with Gasteiger partial charge in [-0.15, -0.1) is 0 Å². The van der Waals surface area contributed by atoms with Gasteiger partial charge in [-0.05, 0) is 7.05 Å². The molecule has 0 aromatic rings. The number of nitrogens with zero attached hydrogens (tertiary/aromatic N) is 3. The lowest BCUT2D eigenvalue weighted by atomic mass is 10.3. The van der Waals surface area contributed by atoms with E-state index in [0.717, 1.165) is 26.2 Å². The molecule has 2 aliphatic heterocycles. The summed E-state index contributed by atoms with van der Waals surface area (Å²) in [6.45, 7) is 14.0. The Morgan fingerprint density at radius 1 is 0.556 bits per heavy atom. The van der Waals surface area contributed by atoms with E-state index in [0.29, 0.717) is 0 Å². The van der Waals surface area contributed by atoms with E-state index < -0.39 is 0 Å². The molecule has 2 N–H and O–H groups in total. The minimum absolute atomic E-state index is 1.09. The number of hydrogen-bond donors (Lipinski definition) is 2. The Balaban J connectivity index is 1.91. The molecule has 0 amide bonds. The Hall–Kier alpha value is -0.200. The molecule has 2 saturated heterocycles. The second-order valence-corrected chi connectivity index (χ2v) is 5.49. The lowest BCUT2D eigenvalue weighted by molar-refractivity contribution is 0.216. The molecule has 0 aliphatic carbocycles. The minimum Gasteiger partial charge on any atom is -0.314 e. The van der Waals surface area contributed by atoms with Gasteiger partial charge in [-0.2, -0.15) is 0 Å². The minimum atomic E-state index is 1.09. The molecule has 0 radical (unpaired) electrons. The van der Waals surface area contributed by atoms with E-state index in [4.69, 9.17) is 0 Å². The zero-order valence-corrected chi connectivity index (χ0v) is 11.8. The van der Waals surface area contributed by atoms with Crippen LogP contribution in [0.15, 0.2) is 0 Å². The molecular weight excluding hydrogens is 226 g/mol. The summed E-state index contributed by atoms with van der Waals surface area (Å²) < 4.78 is 0. The third-order valence-electron chi connectivity index (χ3n) is 4.02. The van der Waals surface area contributed by atoms with Crippen molar-refractivity contribution in [2.45, 2.75) is 0 Å². The Morgan fingerprint density at radius 3 is 1.50 bits per heavy atom. The van der Waals surface area contributed by atoms with Crippen LogP contribution < -0.4 is 10.6 Å². The van der Waals surface area contributed by atoms with Crippen LogP contribution in [0, 0.1) is 0 Å². The lowest BCUT2D eigenvalue weighted by Crippen LogP contribution is -2.43. The fourth-order valence-corrected chi connectivity index (χ4v) is 2.59. The number of fused-ring (bicyclic) bond motifs is 3. The van der Waals surface area contributed by atoms with Gasteiger partial charge in [0.1, 0.15) is 0 Å². The molecular formula is C13H29N5. The number of likely N-dealkylation sites (N-methyl/N-ethyl adjacent to an activating group) is 1.